The molecule has 2 rings (SSSR count). The zero-order valence-corrected chi connectivity index (χ0v) is 18.1. The quantitative estimate of drug-likeness (QED) is 0.304. The average molecular weight is 567 g/mol. The van der Waals surface area contributed by atoms with Crippen molar-refractivity contribution in [1.82, 2.24) is 4.90 Å². The van der Waals surface area contributed by atoms with Gasteiger partial charge in [0.1, 0.15) is 6.10 Å². The largest absolute Gasteiger partial charge is 0.425 e. The highest BCUT2D eigenvalue weighted by atomic mass is 19.4. The topological polar surface area (TPSA) is 21.7 Å². The van der Waals surface area contributed by atoms with Crippen molar-refractivity contribution in [3.8, 4) is 0 Å². The maximum atomic E-state index is 14.8. The van der Waals surface area contributed by atoms with Gasteiger partial charge in [0.05, 0.1) is 37.1 Å². The number of rotatable bonds is 5. The number of likely N-dealkylation sites (tertiary alicyclic amines) is 1. The summed E-state index contributed by atoms with van der Waals surface area (Å²) in [7, 11) is 0. The van der Waals surface area contributed by atoms with E-state index in [2.05, 4.69) is 9.47 Å². The molecule has 0 bridgehead atoms. The molecule has 0 aromatic rings. The highest BCUT2D eigenvalue weighted by Crippen LogP contribution is 2.49. The molecule has 36 heavy (non-hydrogen) atoms. The monoisotopic (exact) mass is 567 g/mol. The number of nitrogens with zero attached hydrogens (tertiary/aromatic N) is 1. The van der Waals surface area contributed by atoms with Gasteiger partial charge in [0.25, 0.3) is 12.1 Å². The Morgan fingerprint density at radius 2 is 1.25 bits per heavy atom. The molecule has 0 aromatic heterocycles. The van der Waals surface area contributed by atoms with Crippen molar-refractivity contribution in [2.45, 2.75) is 62.3 Å². The van der Waals surface area contributed by atoms with Crippen molar-refractivity contribution in [3.05, 3.63) is 0 Å². The first-order valence-corrected chi connectivity index (χ1v) is 10.1. The number of hydrogen-bond donors (Lipinski definition) is 0. The van der Waals surface area contributed by atoms with Gasteiger partial charge in [-0.1, -0.05) is 0 Å². The van der Waals surface area contributed by atoms with E-state index in [1.54, 1.807) is 0 Å². The Balaban J connectivity index is 2.24. The summed E-state index contributed by atoms with van der Waals surface area (Å²) in [6, 6.07) is 0. The van der Waals surface area contributed by atoms with Crippen LogP contribution in [0, 0.1) is 17.3 Å². The number of ether oxygens (including phenoxy) is 2. The molecule has 0 radical (unpaired) electrons. The van der Waals surface area contributed by atoms with E-state index in [0.717, 1.165) is 0 Å². The third-order valence-corrected chi connectivity index (χ3v) is 6.18. The molecule has 0 saturated carbocycles. The molecule has 18 heteroatoms. The first kappa shape index (κ1) is 31.1. The summed E-state index contributed by atoms with van der Waals surface area (Å²) in [6.07, 6.45) is -29.7. The van der Waals surface area contributed by atoms with E-state index < -0.39 is 110 Å². The minimum absolute atomic E-state index is 0.311. The van der Waals surface area contributed by atoms with Crippen LogP contribution in [0.1, 0.15) is 13.3 Å². The van der Waals surface area contributed by atoms with Gasteiger partial charge in [0.2, 0.25) is 6.30 Å². The van der Waals surface area contributed by atoms with Crippen molar-refractivity contribution in [2.75, 3.05) is 32.9 Å². The van der Waals surface area contributed by atoms with Gasteiger partial charge in [-0.3, -0.25) is 4.90 Å². The third kappa shape index (κ3) is 6.27. The number of piperidine rings is 1. The predicted octanol–water partition coefficient (Wildman–Crippen LogP) is 5.94. The Labute approximate surface area is 193 Å². The molecule has 2 heterocycles. The Morgan fingerprint density at radius 3 is 1.67 bits per heavy atom. The van der Waals surface area contributed by atoms with Crippen molar-refractivity contribution in [1.29, 1.82) is 0 Å². The fraction of sp³-hybridized carbons (Fsp3) is 1.00. The Hall–Kier alpha value is -1.17. The van der Waals surface area contributed by atoms with Crippen LogP contribution in [-0.2, 0) is 9.47 Å². The molecule has 2 aliphatic heterocycles. The summed E-state index contributed by atoms with van der Waals surface area (Å²) in [4.78, 5) is -0.414. The molecule has 0 aliphatic carbocycles. The van der Waals surface area contributed by atoms with Crippen LogP contribution < -0.4 is 0 Å². The molecule has 2 aliphatic rings. The lowest BCUT2D eigenvalue weighted by Gasteiger charge is -2.43. The van der Waals surface area contributed by atoms with Crippen LogP contribution in [0.15, 0.2) is 0 Å². The second kappa shape index (κ2) is 9.85. The van der Waals surface area contributed by atoms with E-state index in [9.17, 15) is 65.9 Å². The SMILES string of the molecule is CC1(C(F)(F)C(F)C(F)(F)F)COCC(C(F)(F)C(F)N2CC(C(F)(F)F)CC(C(F)(F)F)C2)OC1. The van der Waals surface area contributed by atoms with Gasteiger partial charge in [-0.05, 0) is 13.3 Å². The summed E-state index contributed by atoms with van der Waals surface area (Å²) in [5.74, 6) is -15.9. The summed E-state index contributed by atoms with van der Waals surface area (Å²) in [6.45, 7) is -7.57. The molecule has 0 amide bonds. The molecule has 214 valence electrons. The van der Waals surface area contributed by atoms with Crippen molar-refractivity contribution in [3.63, 3.8) is 0 Å². The Kier molecular flexibility index (Phi) is 8.50. The van der Waals surface area contributed by atoms with Crippen LogP contribution in [0.4, 0.5) is 65.9 Å². The van der Waals surface area contributed by atoms with Gasteiger partial charge in [-0.2, -0.15) is 48.3 Å². The summed E-state index contributed by atoms with van der Waals surface area (Å²) in [5.41, 5.74) is -3.20. The standard InChI is InChI=1S/C18H20F15NO2/c1-13(15(23,24)11(19)18(31,32)33)6-35-5-10(36-7-13)14(21,22)12(20)34-3-8(16(25,26)27)2-9(4-34)17(28,29)30/h8-12H,2-7H2,1H3. The van der Waals surface area contributed by atoms with Gasteiger partial charge >= 0.3 is 24.5 Å². The average Bonchev–Trinajstić information content (AvgIpc) is 2.93. The fourth-order valence-electron chi connectivity index (χ4n) is 3.88. The lowest BCUT2D eigenvalue weighted by molar-refractivity contribution is -0.286. The number of alkyl halides is 15. The smallest absolute Gasteiger partial charge is 0.378 e. The minimum Gasteiger partial charge on any atom is -0.378 e. The lowest BCUT2D eigenvalue weighted by Crippen LogP contribution is -2.59. The van der Waals surface area contributed by atoms with Gasteiger partial charge < -0.3 is 9.47 Å². The predicted molar refractivity (Wildman–Crippen MR) is 89.7 cm³/mol. The summed E-state index contributed by atoms with van der Waals surface area (Å²) < 4.78 is 211. The first-order chi connectivity index (χ1) is 15.9. The maximum Gasteiger partial charge on any atom is 0.425 e. The molecular formula is C18H20F15NO2. The van der Waals surface area contributed by atoms with E-state index in [-0.39, 0.29) is 0 Å². The Morgan fingerprint density at radius 1 is 0.778 bits per heavy atom. The van der Waals surface area contributed by atoms with Crippen molar-refractivity contribution >= 4 is 0 Å². The third-order valence-electron chi connectivity index (χ3n) is 6.18. The van der Waals surface area contributed by atoms with Crippen LogP contribution in [0.5, 0.6) is 0 Å². The van der Waals surface area contributed by atoms with E-state index >= 15 is 0 Å². The minimum atomic E-state index is -6.06. The molecule has 6 atom stereocenters. The van der Waals surface area contributed by atoms with E-state index in [1.807, 2.05) is 0 Å². The molecule has 3 nitrogen and oxygen atoms in total. The van der Waals surface area contributed by atoms with Gasteiger partial charge in [-0.25, -0.2) is 17.6 Å². The van der Waals surface area contributed by atoms with E-state index in [1.165, 1.54) is 0 Å². The van der Waals surface area contributed by atoms with Crippen LogP contribution in [0.3, 0.4) is 0 Å². The molecular weight excluding hydrogens is 547 g/mol. The van der Waals surface area contributed by atoms with Crippen LogP contribution >= 0.6 is 0 Å². The number of halogens is 15. The van der Waals surface area contributed by atoms with Crippen molar-refractivity contribution < 1.29 is 75.3 Å². The second-order valence-electron chi connectivity index (χ2n) is 9.08. The highest BCUT2D eigenvalue weighted by Gasteiger charge is 2.67. The second-order valence-corrected chi connectivity index (χ2v) is 9.08. The fourth-order valence-corrected chi connectivity index (χ4v) is 3.88. The summed E-state index contributed by atoms with van der Waals surface area (Å²) in [5, 5.41) is 0. The zero-order valence-electron chi connectivity index (χ0n) is 18.1. The first-order valence-electron chi connectivity index (χ1n) is 10.1. The van der Waals surface area contributed by atoms with Crippen LogP contribution in [0.25, 0.3) is 0 Å². The summed E-state index contributed by atoms with van der Waals surface area (Å²) >= 11 is 0. The van der Waals surface area contributed by atoms with E-state index in [4.69, 9.17) is 0 Å². The van der Waals surface area contributed by atoms with Gasteiger partial charge in [-0.15, -0.1) is 0 Å². The van der Waals surface area contributed by atoms with Gasteiger partial charge in [0.15, 0.2) is 0 Å². The van der Waals surface area contributed by atoms with Crippen molar-refractivity contribution in [2.24, 2.45) is 17.3 Å². The van der Waals surface area contributed by atoms with Gasteiger partial charge in [0, 0.05) is 13.1 Å². The van der Waals surface area contributed by atoms with E-state index in [0.29, 0.717) is 6.92 Å². The molecule has 0 aromatic carbocycles. The molecule has 6 unspecified atom stereocenters. The zero-order chi connectivity index (χ0) is 28.1. The Bertz CT molecular complexity index is 730. The number of hydrogen-bond acceptors (Lipinski definition) is 3. The van der Waals surface area contributed by atoms with Crippen LogP contribution in [0.2, 0.25) is 0 Å². The highest BCUT2D eigenvalue weighted by molar-refractivity contribution is 5.00. The molecule has 2 fully saturated rings. The lowest BCUT2D eigenvalue weighted by atomic mass is 9.82. The molecule has 0 N–H and O–H groups in total. The normalized spacial score (nSPS) is 32.2. The van der Waals surface area contributed by atoms with Crippen LogP contribution in [-0.4, -0.2) is 86.8 Å². The maximum absolute atomic E-state index is 14.8. The molecule has 2 saturated heterocycles. The molecule has 0 spiro atoms.